The quantitative estimate of drug-likeness (QED) is 0.233. The van der Waals surface area contributed by atoms with Crippen molar-refractivity contribution >= 4 is 32.8 Å². The van der Waals surface area contributed by atoms with Crippen LogP contribution in [0, 0.1) is 16.7 Å². The van der Waals surface area contributed by atoms with Crippen LogP contribution >= 0.6 is 0 Å². The summed E-state index contributed by atoms with van der Waals surface area (Å²) in [4.78, 5) is 45.6. The molecule has 0 unspecified atom stereocenters. The first-order valence-electron chi connectivity index (χ1n) is 14.5. The molecule has 0 bridgehead atoms. The highest BCUT2D eigenvalue weighted by Crippen LogP contribution is 2.46. The normalized spacial score (nSPS) is 16.4. The van der Waals surface area contributed by atoms with Gasteiger partial charge in [-0.25, -0.2) is 13.4 Å². The Kier molecular flexibility index (Phi) is 9.19. The van der Waals surface area contributed by atoms with E-state index in [2.05, 4.69) is 4.98 Å². The summed E-state index contributed by atoms with van der Waals surface area (Å²) in [6.07, 6.45) is 2.20. The molecule has 0 radical (unpaired) electrons. The standard InChI is InChI=1S/C31H35N5O9S/c1-30(2,3)29(39)45-17-35(15-22-7-5-21(14-32)6-8-22)28(38)24-13-23-9-12-33-26(25(23)34(4)27(24)37)44-16-31(10-11-31)46(40,41)36-18-42-20-43-19-36/h5-9,12-13H,10-11,15-20H2,1-4H3. The molecule has 0 atom stereocenters. The van der Waals surface area contributed by atoms with Gasteiger partial charge >= 0.3 is 5.97 Å². The van der Waals surface area contributed by atoms with E-state index in [1.165, 1.54) is 28.8 Å². The highest BCUT2D eigenvalue weighted by molar-refractivity contribution is 7.90. The van der Waals surface area contributed by atoms with E-state index in [1.807, 2.05) is 6.07 Å². The number of fused-ring (bicyclic) bond motifs is 1. The predicted octanol–water partition coefficient (Wildman–Crippen LogP) is 2.46. The zero-order chi connectivity index (χ0) is 33.3. The number of ether oxygens (including phenoxy) is 4. The van der Waals surface area contributed by atoms with E-state index < -0.39 is 44.4 Å². The van der Waals surface area contributed by atoms with Gasteiger partial charge in [-0.1, -0.05) is 12.1 Å². The van der Waals surface area contributed by atoms with Crippen LogP contribution in [-0.4, -0.2) is 77.4 Å². The van der Waals surface area contributed by atoms with E-state index in [0.717, 1.165) is 4.31 Å². The Morgan fingerprint density at radius 2 is 1.80 bits per heavy atom. The Bertz CT molecular complexity index is 1850. The van der Waals surface area contributed by atoms with Crippen LogP contribution in [0.5, 0.6) is 5.88 Å². The number of amides is 1. The second kappa shape index (κ2) is 12.8. The van der Waals surface area contributed by atoms with Gasteiger partial charge in [0.05, 0.1) is 17.0 Å². The maximum absolute atomic E-state index is 13.9. The summed E-state index contributed by atoms with van der Waals surface area (Å²) in [5.41, 5.74) is -0.282. The van der Waals surface area contributed by atoms with Crippen LogP contribution in [0.2, 0.25) is 0 Å². The molecule has 5 rings (SSSR count). The van der Waals surface area contributed by atoms with Crippen LogP contribution in [0.4, 0.5) is 0 Å². The molecule has 1 aromatic carbocycles. The molecule has 1 saturated heterocycles. The van der Waals surface area contributed by atoms with Gasteiger partial charge in [0.25, 0.3) is 11.5 Å². The van der Waals surface area contributed by atoms with Crippen molar-refractivity contribution < 1.29 is 37.0 Å². The number of carbonyl (C=O) groups excluding carboxylic acids is 2. The number of aromatic nitrogens is 2. The second-order valence-electron chi connectivity index (χ2n) is 12.3. The number of carbonyl (C=O) groups is 2. The molecule has 2 aliphatic rings. The van der Waals surface area contributed by atoms with Crippen LogP contribution in [0.3, 0.4) is 0 Å². The highest BCUT2D eigenvalue weighted by Gasteiger charge is 2.58. The van der Waals surface area contributed by atoms with Gasteiger partial charge in [-0.3, -0.25) is 14.4 Å². The lowest BCUT2D eigenvalue weighted by Crippen LogP contribution is -2.47. The van der Waals surface area contributed by atoms with Crippen molar-refractivity contribution in [2.24, 2.45) is 12.5 Å². The molecule has 3 aromatic rings. The molecule has 46 heavy (non-hydrogen) atoms. The molecule has 1 amide bonds. The van der Waals surface area contributed by atoms with Crippen molar-refractivity contribution in [1.82, 2.24) is 18.8 Å². The fourth-order valence-corrected chi connectivity index (χ4v) is 6.67. The molecule has 1 saturated carbocycles. The maximum Gasteiger partial charge on any atom is 0.312 e. The lowest BCUT2D eigenvalue weighted by Gasteiger charge is -2.29. The van der Waals surface area contributed by atoms with Gasteiger partial charge in [-0.15, -0.1) is 0 Å². The van der Waals surface area contributed by atoms with Crippen molar-refractivity contribution in [3.05, 3.63) is 69.6 Å². The van der Waals surface area contributed by atoms with Crippen LogP contribution in [0.25, 0.3) is 10.9 Å². The number of sulfonamides is 1. The number of esters is 1. The molecule has 1 aliphatic heterocycles. The van der Waals surface area contributed by atoms with Gasteiger partial charge in [0.2, 0.25) is 15.9 Å². The molecule has 15 heteroatoms. The fraction of sp³-hybridized carbons (Fsp3) is 0.452. The minimum atomic E-state index is -3.81. The summed E-state index contributed by atoms with van der Waals surface area (Å²) in [6.45, 7) is 4.23. The number of pyridine rings is 2. The van der Waals surface area contributed by atoms with Gasteiger partial charge in [0, 0.05) is 25.2 Å². The average molecular weight is 654 g/mol. The van der Waals surface area contributed by atoms with Gasteiger partial charge in [-0.05, 0) is 63.4 Å². The summed E-state index contributed by atoms with van der Waals surface area (Å²) >= 11 is 0. The van der Waals surface area contributed by atoms with Crippen LogP contribution in [0.15, 0.2) is 47.4 Å². The molecule has 2 aromatic heterocycles. The summed E-state index contributed by atoms with van der Waals surface area (Å²) < 4.78 is 49.5. The van der Waals surface area contributed by atoms with Crippen LogP contribution in [-0.2, 0) is 42.6 Å². The minimum absolute atomic E-state index is 0.00246. The molecular formula is C31H35N5O9S. The van der Waals surface area contributed by atoms with E-state index in [1.54, 1.807) is 51.1 Å². The van der Waals surface area contributed by atoms with Crippen LogP contribution in [0.1, 0.15) is 55.1 Å². The first-order valence-corrected chi connectivity index (χ1v) is 15.9. The number of aryl methyl sites for hydroxylation is 1. The monoisotopic (exact) mass is 653 g/mol. The Morgan fingerprint density at radius 3 is 2.41 bits per heavy atom. The Balaban J connectivity index is 1.43. The van der Waals surface area contributed by atoms with Gasteiger partial charge in [0.1, 0.15) is 42.7 Å². The van der Waals surface area contributed by atoms with E-state index in [9.17, 15) is 22.8 Å². The van der Waals surface area contributed by atoms with Gasteiger partial charge in [-0.2, -0.15) is 9.57 Å². The molecule has 1 aliphatic carbocycles. The third kappa shape index (κ3) is 6.61. The Morgan fingerprint density at radius 1 is 1.13 bits per heavy atom. The zero-order valence-electron chi connectivity index (χ0n) is 26.0. The molecule has 0 spiro atoms. The lowest BCUT2D eigenvalue weighted by molar-refractivity contribution is -0.156. The number of rotatable bonds is 10. The zero-order valence-corrected chi connectivity index (χ0v) is 26.8. The average Bonchev–Trinajstić information content (AvgIpc) is 3.85. The number of benzene rings is 1. The number of nitriles is 1. The molecular weight excluding hydrogens is 618 g/mol. The Labute approximate surface area is 266 Å². The van der Waals surface area contributed by atoms with E-state index >= 15 is 0 Å². The van der Waals surface area contributed by atoms with Crippen molar-refractivity contribution in [2.75, 3.05) is 33.6 Å². The summed E-state index contributed by atoms with van der Waals surface area (Å²) in [5, 5.41) is 9.59. The largest absolute Gasteiger partial charge is 0.474 e. The van der Waals surface area contributed by atoms with Crippen LogP contribution < -0.4 is 10.3 Å². The summed E-state index contributed by atoms with van der Waals surface area (Å²) in [6, 6.07) is 11.6. The molecule has 2 fully saturated rings. The van der Waals surface area contributed by atoms with Crippen molar-refractivity contribution in [3.63, 3.8) is 0 Å². The molecule has 14 nitrogen and oxygen atoms in total. The van der Waals surface area contributed by atoms with Crippen molar-refractivity contribution in [1.29, 1.82) is 5.26 Å². The fourth-order valence-electron chi connectivity index (χ4n) is 4.87. The van der Waals surface area contributed by atoms with E-state index in [4.69, 9.17) is 24.2 Å². The van der Waals surface area contributed by atoms with Gasteiger partial charge in [0.15, 0.2) is 6.73 Å². The smallest absolute Gasteiger partial charge is 0.312 e. The third-order valence-corrected chi connectivity index (χ3v) is 10.3. The molecule has 3 heterocycles. The van der Waals surface area contributed by atoms with E-state index in [-0.39, 0.29) is 50.4 Å². The van der Waals surface area contributed by atoms with Gasteiger partial charge < -0.3 is 28.4 Å². The number of nitrogens with zero attached hydrogens (tertiary/aromatic N) is 5. The topological polar surface area (TPSA) is 170 Å². The second-order valence-corrected chi connectivity index (χ2v) is 14.6. The maximum atomic E-state index is 13.9. The first-order chi connectivity index (χ1) is 21.8. The third-order valence-electron chi connectivity index (χ3n) is 7.83. The highest BCUT2D eigenvalue weighted by atomic mass is 32.2. The minimum Gasteiger partial charge on any atom is -0.474 e. The van der Waals surface area contributed by atoms with E-state index in [0.29, 0.717) is 29.4 Å². The summed E-state index contributed by atoms with van der Waals surface area (Å²) in [7, 11) is -2.35. The first kappa shape index (κ1) is 33.0. The predicted molar refractivity (Wildman–Crippen MR) is 163 cm³/mol. The molecule has 244 valence electrons. The van der Waals surface area contributed by atoms with Crippen molar-refractivity contribution in [3.8, 4) is 11.9 Å². The number of hydrogen-bond donors (Lipinski definition) is 0. The Hall–Kier alpha value is -4.36. The summed E-state index contributed by atoms with van der Waals surface area (Å²) in [5.74, 6) is -1.17. The van der Waals surface area contributed by atoms with Crippen molar-refractivity contribution in [2.45, 2.75) is 44.9 Å². The molecule has 0 N–H and O–H groups in total. The lowest BCUT2D eigenvalue weighted by atomic mass is 9.97. The SMILES string of the molecule is Cn1c(=O)c(C(=O)N(COC(=O)C(C)(C)C)Cc2ccc(C#N)cc2)cc2ccnc(OCC3(S(=O)(=O)N4COCOC4)CC3)c21. The number of hydrogen-bond acceptors (Lipinski definition) is 11.